The lowest BCUT2D eigenvalue weighted by atomic mass is 9.98. The Labute approximate surface area is 210 Å². The van der Waals surface area contributed by atoms with Crippen molar-refractivity contribution in [3.05, 3.63) is 41.5 Å². The summed E-state index contributed by atoms with van der Waals surface area (Å²) in [5, 5.41) is 0. The summed E-state index contributed by atoms with van der Waals surface area (Å²) in [4.78, 5) is 17.0. The van der Waals surface area contributed by atoms with E-state index in [0.29, 0.717) is 0 Å². The number of ether oxygens (including phenoxy) is 2. The first-order chi connectivity index (χ1) is 16.5. The van der Waals surface area contributed by atoms with Crippen molar-refractivity contribution in [2.24, 2.45) is 0 Å². The van der Waals surface area contributed by atoms with Crippen molar-refractivity contribution < 1.29 is 14.3 Å². The van der Waals surface area contributed by atoms with Crippen LogP contribution in [0.5, 0.6) is 0 Å². The summed E-state index contributed by atoms with van der Waals surface area (Å²) in [5.41, 5.74) is 3.79. The molecule has 34 heavy (non-hydrogen) atoms. The van der Waals surface area contributed by atoms with Crippen LogP contribution in [-0.2, 0) is 14.3 Å². The van der Waals surface area contributed by atoms with Crippen molar-refractivity contribution in [2.45, 2.75) is 43.8 Å². The van der Waals surface area contributed by atoms with E-state index in [2.05, 4.69) is 52.0 Å². The Morgan fingerprint density at radius 1 is 1.12 bits per heavy atom. The summed E-state index contributed by atoms with van der Waals surface area (Å²) in [5.74, 6) is 6.52. The van der Waals surface area contributed by atoms with Crippen LogP contribution in [0.25, 0.3) is 5.57 Å². The molecule has 0 aliphatic carbocycles. The highest BCUT2D eigenvalue weighted by Gasteiger charge is 2.33. The molecular formula is C28H40N2O3S. The Bertz CT molecular complexity index is 868. The molecular weight excluding hydrogens is 444 g/mol. The molecule has 186 valence electrons. The number of hydrogen-bond donors (Lipinski definition) is 0. The summed E-state index contributed by atoms with van der Waals surface area (Å²) in [6.45, 7) is 9.87. The largest absolute Gasteiger partial charge is 0.468 e. The van der Waals surface area contributed by atoms with E-state index < -0.39 is 4.75 Å². The minimum absolute atomic E-state index is 0.135. The first kappa shape index (κ1) is 26.8. The monoisotopic (exact) mass is 484 g/mol. The fourth-order valence-electron chi connectivity index (χ4n) is 4.36. The predicted molar refractivity (Wildman–Crippen MR) is 142 cm³/mol. The van der Waals surface area contributed by atoms with Gasteiger partial charge in [-0.25, -0.2) is 0 Å². The van der Waals surface area contributed by atoms with Crippen LogP contribution in [-0.4, -0.2) is 86.4 Å². The number of carbonyl (C=O) groups excluding carboxylic acids is 1. The van der Waals surface area contributed by atoms with E-state index in [4.69, 9.17) is 9.47 Å². The molecule has 6 heteroatoms. The second kappa shape index (κ2) is 13.9. The molecule has 0 amide bonds. The van der Waals surface area contributed by atoms with E-state index in [1.165, 1.54) is 24.7 Å². The zero-order valence-corrected chi connectivity index (χ0v) is 21.9. The van der Waals surface area contributed by atoms with Gasteiger partial charge in [0.05, 0.1) is 20.3 Å². The van der Waals surface area contributed by atoms with E-state index in [1.807, 2.05) is 13.2 Å². The maximum Gasteiger partial charge on any atom is 0.321 e. The molecule has 1 aromatic rings. The molecule has 3 rings (SSSR count). The molecule has 2 aliphatic heterocycles. The van der Waals surface area contributed by atoms with Crippen molar-refractivity contribution in [3.63, 3.8) is 0 Å². The third kappa shape index (κ3) is 8.16. The summed E-state index contributed by atoms with van der Waals surface area (Å²) in [7, 11) is 1.47. The first-order valence-corrected chi connectivity index (χ1v) is 13.7. The fourth-order valence-corrected chi connectivity index (χ4v) is 4.90. The number of morpholine rings is 1. The molecule has 1 unspecified atom stereocenters. The van der Waals surface area contributed by atoms with E-state index in [1.54, 1.807) is 11.8 Å². The average molecular weight is 485 g/mol. The van der Waals surface area contributed by atoms with Gasteiger partial charge in [0.25, 0.3) is 0 Å². The number of benzene rings is 1. The zero-order chi connectivity index (χ0) is 24.2. The molecule has 0 radical (unpaired) electrons. The highest BCUT2D eigenvalue weighted by Crippen LogP contribution is 2.29. The molecule has 0 aromatic heterocycles. The third-order valence-electron chi connectivity index (χ3n) is 6.88. The molecule has 2 aliphatic rings. The van der Waals surface area contributed by atoms with Crippen molar-refractivity contribution in [1.29, 1.82) is 0 Å². The second-order valence-corrected chi connectivity index (χ2v) is 10.6. The summed E-state index contributed by atoms with van der Waals surface area (Å²) in [6, 6.07) is 8.69. The van der Waals surface area contributed by atoms with Gasteiger partial charge < -0.3 is 9.47 Å². The molecule has 0 bridgehead atoms. The molecule has 1 saturated heterocycles. The number of rotatable bonds is 10. The zero-order valence-electron chi connectivity index (χ0n) is 21.1. The normalized spacial score (nSPS) is 19.0. The van der Waals surface area contributed by atoms with Crippen LogP contribution in [0.4, 0.5) is 0 Å². The Kier molecular flexibility index (Phi) is 11.0. The van der Waals surface area contributed by atoms with Crippen molar-refractivity contribution >= 4 is 23.3 Å². The smallest absolute Gasteiger partial charge is 0.321 e. The van der Waals surface area contributed by atoms with Crippen LogP contribution in [0.3, 0.4) is 0 Å². The lowest BCUT2D eigenvalue weighted by Gasteiger charge is -2.31. The minimum Gasteiger partial charge on any atom is -0.468 e. The van der Waals surface area contributed by atoms with Gasteiger partial charge in [0.15, 0.2) is 0 Å². The maximum absolute atomic E-state index is 12.1. The van der Waals surface area contributed by atoms with E-state index >= 15 is 0 Å². The highest BCUT2D eigenvalue weighted by atomic mass is 32.2. The molecule has 0 N–H and O–H groups in total. The third-order valence-corrected chi connectivity index (χ3v) is 8.16. The van der Waals surface area contributed by atoms with Crippen molar-refractivity contribution in [3.8, 4) is 11.8 Å². The van der Waals surface area contributed by atoms with E-state index in [9.17, 15) is 4.79 Å². The maximum atomic E-state index is 12.1. The fraction of sp³-hybridized carbons (Fsp3) is 0.607. The number of esters is 1. The Morgan fingerprint density at radius 3 is 2.53 bits per heavy atom. The summed E-state index contributed by atoms with van der Waals surface area (Å²) >= 11 is 1.57. The number of thioether (sulfide) groups is 1. The standard InChI is InChI=1S/C28H40N2O3S/c1-28(34-3,27(31)32-2)15-19-30-17-13-26(14-18-30)25-11-9-24(10-12-25)8-6-4-5-7-16-29-20-22-33-23-21-29/h9-13H,4-5,7,14-23H2,1-3H3. The van der Waals surface area contributed by atoms with Gasteiger partial charge in [-0.05, 0) is 68.7 Å². The average Bonchev–Trinajstić information content (AvgIpc) is 2.90. The number of methoxy groups -OCH3 is 1. The molecule has 5 nitrogen and oxygen atoms in total. The molecule has 0 spiro atoms. The Morgan fingerprint density at radius 2 is 1.88 bits per heavy atom. The lowest BCUT2D eigenvalue weighted by molar-refractivity contribution is -0.143. The summed E-state index contributed by atoms with van der Waals surface area (Å²) < 4.78 is 9.91. The van der Waals surface area contributed by atoms with Gasteiger partial charge in [0.2, 0.25) is 0 Å². The number of unbranched alkanes of at least 4 members (excludes halogenated alkanes) is 2. The molecule has 1 aromatic carbocycles. The Hall–Kier alpha value is -1.78. The predicted octanol–water partition coefficient (Wildman–Crippen LogP) is 4.31. The van der Waals surface area contributed by atoms with Gasteiger partial charge in [-0.1, -0.05) is 30.0 Å². The number of nitrogens with zero attached hydrogens (tertiary/aromatic N) is 2. The van der Waals surface area contributed by atoms with Gasteiger partial charge in [0, 0.05) is 44.7 Å². The molecule has 2 heterocycles. The van der Waals surface area contributed by atoms with Crippen LogP contribution in [0, 0.1) is 11.8 Å². The van der Waals surface area contributed by atoms with Crippen LogP contribution in [0.15, 0.2) is 30.3 Å². The molecule has 0 saturated carbocycles. The van der Waals surface area contributed by atoms with Gasteiger partial charge >= 0.3 is 5.97 Å². The van der Waals surface area contributed by atoms with E-state index in [0.717, 1.165) is 83.7 Å². The van der Waals surface area contributed by atoms with Crippen molar-refractivity contribution in [1.82, 2.24) is 9.80 Å². The van der Waals surface area contributed by atoms with Crippen LogP contribution in [0.1, 0.15) is 50.2 Å². The first-order valence-electron chi connectivity index (χ1n) is 12.5. The molecule has 1 fully saturated rings. The lowest BCUT2D eigenvalue weighted by Crippen LogP contribution is -2.38. The van der Waals surface area contributed by atoms with Gasteiger partial charge in [-0.15, -0.1) is 11.8 Å². The second-order valence-electron chi connectivity index (χ2n) is 9.25. The topological polar surface area (TPSA) is 42.0 Å². The minimum atomic E-state index is -0.474. The van der Waals surface area contributed by atoms with Crippen LogP contribution in [0.2, 0.25) is 0 Å². The highest BCUT2D eigenvalue weighted by molar-refractivity contribution is 8.00. The van der Waals surface area contributed by atoms with Crippen molar-refractivity contribution in [2.75, 3.05) is 65.8 Å². The quantitative estimate of drug-likeness (QED) is 0.280. The van der Waals surface area contributed by atoms with E-state index in [-0.39, 0.29) is 5.97 Å². The Balaban J connectivity index is 1.40. The SMILES string of the molecule is COC(=O)C(C)(CCN1CC=C(c2ccc(C#CCCCCN3CCOCC3)cc2)CC1)SC. The van der Waals surface area contributed by atoms with Crippen LogP contribution < -0.4 is 0 Å². The molecule has 1 atom stereocenters. The van der Waals surface area contributed by atoms with Gasteiger partial charge in [-0.2, -0.15) is 0 Å². The number of hydrogen-bond acceptors (Lipinski definition) is 6. The van der Waals surface area contributed by atoms with Crippen LogP contribution >= 0.6 is 11.8 Å². The number of carbonyl (C=O) groups is 1. The summed E-state index contributed by atoms with van der Waals surface area (Å²) in [6.07, 6.45) is 9.45. The van der Waals surface area contributed by atoms with Gasteiger partial charge in [-0.3, -0.25) is 14.6 Å². The van der Waals surface area contributed by atoms with Gasteiger partial charge in [0.1, 0.15) is 4.75 Å².